The number of amides is 2. The van der Waals surface area contributed by atoms with Crippen LogP contribution in [0.3, 0.4) is 0 Å². The van der Waals surface area contributed by atoms with Gasteiger partial charge in [-0.1, -0.05) is 18.2 Å². The zero-order valence-electron chi connectivity index (χ0n) is 17.0. The van der Waals surface area contributed by atoms with E-state index in [0.717, 1.165) is 12.8 Å². The van der Waals surface area contributed by atoms with Gasteiger partial charge in [0.05, 0.1) is 17.7 Å². The van der Waals surface area contributed by atoms with E-state index in [2.05, 4.69) is 20.7 Å². The van der Waals surface area contributed by atoms with Gasteiger partial charge in [0, 0.05) is 12.2 Å². The van der Waals surface area contributed by atoms with Crippen molar-refractivity contribution in [3.05, 3.63) is 53.7 Å². The lowest BCUT2D eigenvalue weighted by molar-refractivity contribution is -0.133. The number of anilines is 2. The first-order chi connectivity index (χ1) is 15.1. The Morgan fingerprint density at radius 1 is 1.19 bits per heavy atom. The largest absolute Gasteiger partial charge is 0.431 e. The molecular formula is C21H20F3N5O3. The lowest BCUT2D eigenvalue weighted by Gasteiger charge is -2.31. The summed E-state index contributed by atoms with van der Waals surface area (Å²) in [7, 11) is 0. The van der Waals surface area contributed by atoms with Gasteiger partial charge in [0.25, 0.3) is 11.8 Å². The number of aliphatic hydroxyl groups is 1. The van der Waals surface area contributed by atoms with Gasteiger partial charge in [-0.15, -0.1) is 0 Å². The highest BCUT2D eigenvalue weighted by Gasteiger charge is 2.55. The molecule has 32 heavy (non-hydrogen) atoms. The molecule has 1 unspecified atom stereocenters. The third-order valence-electron chi connectivity index (χ3n) is 5.19. The first-order valence-electron chi connectivity index (χ1n) is 9.90. The average molecular weight is 447 g/mol. The summed E-state index contributed by atoms with van der Waals surface area (Å²) in [5.74, 6) is -1.69. The van der Waals surface area contributed by atoms with Crippen LogP contribution in [0.25, 0.3) is 0 Å². The molecule has 0 bridgehead atoms. The second-order valence-electron chi connectivity index (χ2n) is 7.74. The number of hydrogen-bond acceptors (Lipinski definition) is 6. The summed E-state index contributed by atoms with van der Waals surface area (Å²) in [6, 6.07) is 9.26. The fourth-order valence-electron chi connectivity index (χ4n) is 3.31. The summed E-state index contributed by atoms with van der Waals surface area (Å²) < 4.78 is 40.2. The number of para-hydroxylation sites is 1. The summed E-state index contributed by atoms with van der Waals surface area (Å²) in [5.41, 5.74) is -3.42. The molecule has 0 spiro atoms. The summed E-state index contributed by atoms with van der Waals surface area (Å²) in [6.07, 6.45) is -2.92. The number of carbonyl (C=O) groups is 2. The second-order valence-corrected chi connectivity index (χ2v) is 7.74. The van der Waals surface area contributed by atoms with Crippen LogP contribution in [0.1, 0.15) is 35.2 Å². The first kappa shape index (κ1) is 21.8. The minimum absolute atomic E-state index is 0.0576. The lowest BCUT2D eigenvalue weighted by atomic mass is 10.0. The molecule has 1 saturated carbocycles. The van der Waals surface area contributed by atoms with Gasteiger partial charge in [0.15, 0.2) is 5.82 Å². The zero-order chi connectivity index (χ0) is 23.1. The van der Waals surface area contributed by atoms with E-state index in [0.29, 0.717) is 10.6 Å². The Balaban J connectivity index is 1.66. The maximum atomic E-state index is 13.4. The molecule has 2 heterocycles. The van der Waals surface area contributed by atoms with Crippen molar-refractivity contribution in [1.29, 1.82) is 0 Å². The molecule has 1 aromatic carbocycles. The third kappa shape index (κ3) is 4.15. The minimum atomic E-state index is -4.85. The number of hydrazone groups is 1. The van der Waals surface area contributed by atoms with Crippen molar-refractivity contribution in [2.75, 3.05) is 10.3 Å². The van der Waals surface area contributed by atoms with E-state index in [1.165, 1.54) is 18.3 Å². The maximum Gasteiger partial charge on any atom is 0.431 e. The number of nitrogens with one attached hydrogen (secondary N) is 2. The topological polar surface area (TPSA) is 107 Å². The fourth-order valence-corrected chi connectivity index (χ4v) is 3.31. The van der Waals surface area contributed by atoms with Gasteiger partial charge < -0.3 is 15.7 Å². The van der Waals surface area contributed by atoms with E-state index >= 15 is 0 Å². The molecule has 1 aliphatic heterocycles. The molecule has 1 atom stereocenters. The van der Waals surface area contributed by atoms with Crippen LogP contribution in [-0.4, -0.2) is 45.6 Å². The fraction of sp³-hybridized carbons (Fsp3) is 0.333. The summed E-state index contributed by atoms with van der Waals surface area (Å²) in [4.78, 5) is 29.6. The van der Waals surface area contributed by atoms with Gasteiger partial charge in [-0.2, -0.15) is 18.3 Å². The van der Waals surface area contributed by atoms with Gasteiger partial charge in [-0.05, 0) is 43.5 Å². The van der Waals surface area contributed by atoms with E-state index in [4.69, 9.17) is 0 Å². The van der Waals surface area contributed by atoms with Gasteiger partial charge in [0.2, 0.25) is 5.72 Å². The summed E-state index contributed by atoms with van der Waals surface area (Å²) in [5, 5.41) is 20.4. The van der Waals surface area contributed by atoms with E-state index in [-0.39, 0.29) is 23.1 Å². The number of benzene rings is 1. The highest BCUT2D eigenvalue weighted by Crippen LogP contribution is 2.37. The molecule has 2 aliphatic rings. The van der Waals surface area contributed by atoms with Crippen molar-refractivity contribution in [3.8, 4) is 0 Å². The highest BCUT2D eigenvalue weighted by molar-refractivity contribution is 6.09. The van der Waals surface area contributed by atoms with Crippen LogP contribution in [0.5, 0.6) is 0 Å². The van der Waals surface area contributed by atoms with E-state index in [9.17, 15) is 27.9 Å². The zero-order valence-corrected chi connectivity index (χ0v) is 17.0. The molecule has 4 rings (SSSR count). The summed E-state index contributed by atoms with van der Waals surface area (Å²) in [6.45, 7) is 1.57. The van der Waals surface area contributed by atoms with Gasteiger partial charge >= 0.3 is 6.18 Å². The van der Waals surface area contributed by atoms with E-state index in [1.54, 1.807) is 31.2 Å². The lowest BCUT2D eigenvalue weighted by Crippen LogP contribution is -2.54. The molecule has 0 saturated heterocycles. The normalized spacial score (nSPS) is 20.7. The SMILES string of the molecule is Cc1cccnc1N1N=C(C(F)(F)F)CC1(O)C(=O)Nc1ccccc1C(=O)NC1CC1. The predicted molar refractivity (Wildman–Crippen MR) is 110 cm³/mol. The Morgan fingerprint density at radius 2 is 1.91 bits per heavy atom. The monoisotopic (exact) mass is 447 g/mol. The average Bonchev–Trinajstić information content (AvgIpc) is 3.47. The van der Waals surface area contributed by atoms with Crippen LogP contribution in [0.2, 0.25) is 0 Å². The molecule has 1 aromatic heterocycles. The molecule has 1 aliphatic carbocycles. The van der Waals surface area contributed by atoms with Crippen molar-refractivity contribution >= 4 is 29.0 Å². The van der Waals surface area contributed by atoms with E-state index < -0.39 is 35.8 Å². The minimum Gasteiger partial charge on any atom is -0.361 e. The maximum absolute atomic E-state index is 13.4. The number of hydrogen-bond donors (Lipinski definition) is 3. The van der Waals surface area contributed by atoms with Crippen LogP contribution in [0.4, 0.5) is 24.7 Å². The molecule has 2 aromatic rings. The molecule has 11 heteroatoms. The van der Waals surface area contributed by atoms with Gasteiger partial charge in [0.1, 0.15) is 5.71 Å². The Morgan fingerprint density at radius 3 is 2.56 bits per heavy atom. The second kappa shape index (κ2) is 7.90. The van der Waals surface area contributed by atoms with Crippen molar-refractivity contribution in [3.63, 3.8) is 0 Å². The smallest absolute Gasteiger partial charge is 0.361 e. The number of rotatable bonds is 5. The molecule has 3 N–H and O–H groups in total. The quantitative estimate of drug-likeness (QED) is 0.654. The van der Waals surface area contributed by atoms with Gasteiger partial charge in [-0.25, -0.2) is 9.99 Å². The third-order valence-corrected chi connectivity index (χ3v) is 5.19. The van der Waals surface area contributed by atoms with Crippen molar-refractivity contribution in [1.82, 2.24) is 10.3 Å². The van der Waals surface area contributed by atoms with Crippen LogP contribution < -0.4 is 15.6 Å². The number of carbonyl (C=O) groups excluding carboxylic acids is 2. The van der Waals surface area contributed by atoms with E-state index in [1.807, 2.05) is 0 Å². The number of alkyl halides is 3. The standard InChI is InChI=1S/C21H20F3N5O3/c1-12-5-4-10-25-17(12)29-20(32,11-16(28-29)21(22,23)24)19(31)27-15-7-3-2-6-14(15)18(30)26-13-8-9-13/h2-7,10,13,32H,8-9,11H2,1H3,(H,26,30)(H,27,31). The number of aromatic nitrogens is 1. The van der Waals surface area contributed by atoms with Crippen LogP contribution >= 0.6 is 0 Å². The molecule has 168 valence electrons. The molecule has 2 amide bonds. The number of halogens is 3. The Kier molecular flexibility index (Phi) is 5.37. The molecule has 8 nitrogen and oxygen atoms in total. The molecule has 1 fully saturated rings. The molecule has 0 radical (unpaired) electrons. The Labute approximate surface area is 181 Å². The molecular weight excluding hydrogens is 427 g/mol. The van der Waals surface area contributed by atoms with Crippen LogP contribution in [0, 0.1) is 6.92 Å². The number of pyridine rings is 1. The van der Waals surface area contributed by atoms with Crippen LogP contribution in [0.15, 0.2) is 47.7 Å². The number of aryl methyl sites for hydroxylation is 1. The van der Waals surface area contributed by atoms with Crippen molar-refractivity contribution in [2.24, 2.45) is 5.10 Å². The number of nitrogens with zero attached hydrogens (tertiary/aromatic N) is 3. The predicted octanol–water partition coefficient (Wildman–Crippen LogP) is 2.74. The highest BCUT2D eigenvalue weighted by atomic mass is 19.4. The van der Waals surface area contributed by atoms with Crippen molar-refractivity contribution in [2.45, 2.75) is 44.1 Å². The Bertz CT molecular complexity index is 1100. The Hall–Kier alpha value is -3.47. The first-order valence-corrected chi connectivity index (χ1v) is 9.90. The van der Waals surface area contributed by atoms with Crippen LogP contribution in [-0.2, 0) is 4.79 Å². The van der Waals surface area contributed by atoms with Gasteiger partial charge in [-0.3, -0.25) is 9.59 Å². The van der Waals surface area contributed by atoms with Crippen molar-refractivity contribution < 1.29 is 27.9 Å². The summed E-state index contributed by atoms with van der Waals surface area (Å²) >= 11 is 0.